The van der Waals surface area contributed by atoms with E-state index in [0.29, 0.717) is 72.0 Å². The molecule has 13 heteroatoms. The maximum absolute atomic E-state index is 11.5. The Labute approximate surface area is 300 Å². The van der Waals surface area contributed by atoms with Gasteiger partial charge in [-0.1, -0.05) is 59.6 Å². The van der Waals surface area contributed by atoms with Gasteiger partial charge in [0.05, 0.1) is 22.8 Å². The average Bonchev–Trinajstić information content (AvgIpc) is 3.83. The number of ether oxygens (including phenoxy) is 1. The minimum Gasteiger partial charge on any atom is -0.481 e. The fraction of sp³-hybridized carbons (Fsp3) is 0.324. The maximum atomic E-state index is 11.5. The summed E-state index contributed by atoms with van der Waals surface area (Å²) in [5.41, 5.74) is 6.40. The highest BCUT2D eigenvalue weighted by Gasteiger charge is 2.22. The van der Waals surface area contributed by atoms with E-state index in [2.05, 4.69) is 27.5 Å². The number of amides is 2. The van der Waals surface area contributed by atoms with Crippen LogP contribution in [0.2, 0.25) is 10.0 Å². The van der Waals surface area contributed by atoms with Crippen molar-refractivity contribution in [1.29, 1.82) is 0 Å². The van der Waals surface area contributed by atoms with Gasteiger partial charge in [-0.2, -0.15) is 0 Å². The van der Waals surface area contributed by atoms with Crippen LogP contribution in [0.3, 0.4) is 0 Å². The van der Waals surface area contributed by atoms with Gasteiger partial charge in [0.2, 0.25) is 17.7 Å². The second kappa shape index (κ2) is 14.7. The van der Waals surface area contributed by atoms with E-state index in [4.69, 9.17) is 42.9 Å². The molecule has 2 fully saturated rings. The van der Waals surface area contributed by atoms with Crippen LogP contribution in [0.5, 0.6) is 5.88 Å². The predicted octanol–water partition coefficient (Wildman–Crippen LogP) is 5.42. The lowest BCUT2D eigenvalue weighted by Crippen LogP contribution is -2.35. The molecule has 50 heavy (non-hydrogen) atoms. The summed E-state index contributed by atoms with van der Waals surface area (Å²) in [7, 11) is 3.56. The summed E-state index contributed by atoms with van der Waals surface area (Å²) >= 11 is 14.2. The second-order valence-electron chi connectivity index (χ2n) is 12.8. The number of benzene rings is 2. The van der Waals surface area contributed by atoms with E-state index in [9.17, 15) is 9.59 Å². The molecule has 0 saturated carbocycles. The summed E-state index contributed by atoms with van der Waals surface area (Å²) < 4.78 is 7.64. The quantitative estimate of drug-likeness (QED) is 0.135. The number of pyridine rings is 1. The molecule has 2 aliphatic rings. The second-order valence-corrected chi connectivity index (χ2v) is 13.5. The first kappa shape index (κ1) is 33.9. The van der Waals surface area contributed by atoms with Crippen molar-refractivity contribution in [3.8, 4) is 39.7 Å². The van der Waals surface area contributed by atoms with Crippen molar-refractivity contribution >= 4 is 46.0 Å². The Morgan fingerprint density at radius 3 is 2.04 bits per heavy atom. The molecule has 258 valence electrons. The topological polar surface area (TPSA) is 135 Å². The number of nitrogens with one attached hydrogen (secondary N) is 4. The number of methoxy groups -OCH3 is 1. The van der Waals surface area contributed by atoms with Crippen LogP contribution in [-0.4, -0.2) is 63.6 Å². The van der Waals surface area contributed by atoms with E-state index in [-0.39, 0.29) is 23.9 Å². The number of fused-ring (bicyclic) bond motifs is 1. The summed E-state index contributed by atoms with van der Waals surface area (Å²) in [6, 6.07) is 15.8. The molecule has 0 radical (unpaired) electrons. The Hall–Kier alpha value is -4.55. The molecule has 11 nitrogen and oxygen atoms in total. The maximum Gasteiger partial charge on any atom is 0.220 e. The van der Waals surface area contributed by atoms with Crippen LogP contribution in [0.4, 0.5) is 0 Å². The Balaban J connectivity index is 1.11. The highest BCUT2D eigenvalue weighted by molar-refractivity contribution is 6.39. The summed E-state index contributed by atoms with van der Waals surface area (Å²) in [6.45, 7) is 2.58. The number of aromatic nitrogens is 4. The highest BCUT2D eigenvalue weighted by Crippen LogP contribution is 2.42. The molecule has 0 bridgehead atoms. The van der Waals surface area contributed by atoms with Gasteiger partial charge in [-0.3, -0.25) is 9.59 Å². The van der Waals surface area contributed by atoms with Gasteiger partial charge < -0.3 is 30.6 Å². The third-order valence-electron chi connectivity index (χ3n) is 9.32. The van der Waals surface area contributed by atoms with Crippen LogP contribution >= 0.6 is 23.2 Å². The smallest absolute Gasteiger partial charge is 0.220 e. The largest absolute Gasteiger partial charge is 0.481 e. The van der Waals surface area contributed by atoms with Crippen LogP contribution < -0.4 is 26.0 Å². The molecule has 4 N–H and O–H groups in total. The number of nitrogens with zero attached hydrogens (tertiary/aromatic N) is 4. The molecule has 2 aliphatic heterocycles. The van der Waals surface area contributed by atoms with Crippen molar-refractivity contribution < 1.29 is 14.3 Å². The van der Waals surface area contributed by atoms with Crippen molar-refractivity contribution in [2.75, 3.05) is 20.2 Å². The monoisotopic (exact) mass is 712 g/mol. The van der Waals surface area contributed by atoms with Crippen LogP contribution in [-0.2, 0) is 29.7 Å². The molecule has 5 heterocycles. The van der Waals surface area contributed by atoms with E-state index in [1.54, 1.807) is 7.11 Å². The number of aryl methyl sites for hydroxylation is 1. The summed E-state index contributed by atoms with van der Waals surface area (Å²) in [6.07, 6.45) is 6.74. The standard InChI is InChI=1S/C37H38Cl2N8O3/c1-47-20-22(16-41-18-24-11-14-32(49)44-24)29-19-42-35(46-36(29)47)28-8-4-6-26(34(28)39)25-5-3-7-27(33(25)38)30-12-9-21(37(45-30)50-2)15-40-17-23-10-13-31(48)43-23/h3-9,12,19-20,23-24,40-41H,10-11,13-18H2,1-2H3,(H,43,48)(H,44,49)/t23-,24-/m1/s1. The average molecular weight is 714 g/mol. The van der Waals surface area contributed by atoms with Gasteiger partial charge >= 0.3 is 0 Å². The van der Waals surface area contributed by atoms with Crippen LogP contribution in [0.15, 0.2) is 60.9 Å². The molecular weight excluding hydrogens is 675 g/mol. The third kappa shape index (κ3) is 7.04. The first-order chi connectivity index (χ1) is 24.3. The van der Waals surface area contributed by atoms with Crippen molar-refractivity contribution in [1.82, 2.24) is 40.8 Å². The molecule has 3 aromatic heterocycles. The minimum atomic E-state index is 0.0988. The van der Waals surface area contributed by atoms with Gasteiger partial charge in [0.25, 0.3) is 0 Å². The third-order valence-corrected chi connectivity index (χ3v) is 10.1. The first-order valence-electron chi connectivity index (χ1n) is 16.7. The molecule has 0 spiro atoms. The minimum absolute atomic E-state index is 0.0988. The SMILES string of the molecule is COc1nc(-c2cccc(-c3cccc(-c4ncc5c(CNC[C@H]6CCC(=O)N6)cn(C)c5n4)c3Cl)c2Cl)ccc1CNC[C@H]1CCC(=O)N1. The van der Waals surface area contributed by atoms with Crippen molar-refractivity contribution in [3.63, 3.8) is 0 Å². The number of halogens is 2. The van der Waals surface area contributed by atoms with Gasteiger partial charge in [-0.15, -0.1) is 0 Å². The lowest BCUT2D eigenvalue weighted by molar-refractivity contribution is -0.120. The Morgan fingerprint density at radius 2 is 1.42 bits per heavy atom. The van der Waals surface area contributed by atoms with Gasteiger partial charge in [-0.25, -0.2) is 15.0 Å². The van der Waals surface area contributed by atoms with Gasteiger partial charge in [0, 0.05) is 104 Å². The van der Waals surface area contributed by atoms with Crippen LogP contribution in [0.25, 0.3) is 44.8 Å². The highest BCUT2D eigenvalue weighted by atomic mass is 35.5. The summed E-state index contributed by atoms with van der Waals surface area (Å²) in [4.78, 5) is 37.5. The molecule has 2 aromatic carbocycles. The normalized spacial score (nSPS) is 17.4. The molecule has 2 saturated heterocycles. The number of hydrogen-bond donors (Lipinski definition) is 4. The lowest BCUT2D eigenvalue weighted by atomic mass is 9.99. The lowest BCUT2D eigenvalue weighted by Gasteiger charge is -2.15. The zero-order chi connectivity index (χ0) is 34.8. The van der Waals surface area contributed by atoms with Crippen molar-refractivity contribution in [2.24, 2.45) is 7.05 Å². The fourth-order valence-corrected chi connectivity index (χ4v) is 7.34. The number of carbonyl (C=O) groups is 2. The van der Waals surface area contributed by atoms with E-state index in [1.807, 2.05) is 66.3 Å². The molecule has 2 amide bonds. The zero-order valence-corrected chi connectivity index (χ0v) is 29.4. The Kier molecular flexibility index (Phi) is 10.0. The fourth-order valence-electron chi connectivity index (χ4n) is 6.71. The van der Waals surface area contributed by atoms with E-state index in [1.165, 1.54) is 0 Å². The predicted molar refractivity (Wildman–Crippen MR) is 195 cm³/mol. The van der Waals surface area contributed by atoms with E-state index in [0.717, 1.165) is 51.7 Å². The van der Waals surface area contributed by atoms with Gasteiger partial charge in [0.15, 0.2) is 5.82 Å². The molecule has 0 aliphatic carbocycles. The zero-order valence-electron chi connectivity index (χ0n) is 27.9. The van der Waals surface area contributed by atoms with Crippen LogP contribution in [0.1, 0.15) is 36.8 Å². The number of carbonyl (C=O) groups excluding carboxylic acids is 2. The number of rotatable bonds is 12. The van der Waals surface area contributed by atoms with Gasteiger partial charge in [0.1, 0.15) is 5.65 Å². The molecular formula is C37H38Cl2N8O3. The Bertz CT molecular complexity index is 2080. The number of hydrogen-bond acceptors (Lipinski definition) is 8. The molecule has 5 aromatic rings. The van der Waals surface area contributed by atoms with Gasteiger partial charge in [-0.05, 0) is 30.5 Å². The van der Waals surface area contributed by atoms with E-state index >= 15 is 0 Å². The molecule has 7 rings (SSSR count). The summed E-state index contributed by atoms with van der Waals surface area (Å²) in [5, 5.41) is 14.8. The first-order valence-corrected chi connectivity index (χ1v) is 17.5. The Morgan fingerprint density at radius 1 is 0.820 bits per heavy atom. The molecule has 0 unspecified atom stereocenters. The van der Waals surface area contributed by atoms with E-state index < -0.39 is 0 Å². The molecule has 2 atom stereocenters. The van der Waals surface area contributed by atoms with Crippen LogP contribution in [0, 0.1) is 0 Å². The summed E-state index contributed by atoms with van der Waals surface area (Å²) in [5.74, 6) is 1.22. The van der Waals surface area contributed by atoms with Crippen molar-refractivity contribution in [3.05, 3.63) is 82.1 Å². The van der Waals surface area contributed by atoms with Crippen molar-refractivity contribution in [2.45, 2.75) is 50.9 Å².